The molecule has 3 unspecified atom stereocenters. The molecule has 84 valence electrons. The fraction of sp³-hybridized carbons (Fsp3) is 1.00. The topological polar surface area (TPSA) is 15.3 Å². The Balaban J connectivity index is 2.45. The summed E-state index contributed by atoms with van der Waals surface area (Å²) in [6, 6.07) is 1.50. The van der Waals surface area contributed by atoms with Crippen LogP contribution in [0, 0.1) is 5.92 Å². The van der Waals surface area contributed by atoms with Crippen LogP contribution in [-0.2, 0) is 0 Å². The van der Waals surface area contributed by atoms with E-state index in [0.29, 0.717) is 0 Å². The molecule has 1 fully saturated rings. The minimum atomic E-state index is 0.735. The van der Waals surface area contributed by atoms with E-state index in [9.17, 15) is 0 Å². The van der Waals surface area contributed by atoms with Gasteiger partial charge < -0.3 is 5.32 Å². The van der Waals surface area contributed by atoms with Gasteiger partial charge in [0.15, 0.2) is 0 Å². The Labute approximate surface area is 89.1 Å². The van der Waals surface area contributed by atoms with Crippen LogP contribution in [0.4, 0.5) is 0 Å². The lowest BCUT2D eigenvalue weighted by molar-refractivity contribution is 0.151. The minimum Gasteiger partial charge on any atom is -0.315 e. The van der Waals surface area contributed by atoms with Crippen LogP contribution >= 0.6 is 0 Å². The van der Waals surface area contributed by atoms with E-state index in [1.807, 2.05) is 0 Å². The molecule has 2 heteroatoms. The molecule has 2 nitrogen and oxygen atoms in total. The SMILES string of the molecule is CCCC(C)N(C)C1CNCC1CC. The third kappa shape index (κ3) is 2.71. The third-order valence-electron chi connectivity index (χ3n) is 3.75. The van der Waals surface area contributed by atoms with Crippen molar-refractivity contribution in [2.75, 3.05) is 20.1 Å². The Morgan fingerprint density at radius 3 is 2.64 bits per heavy atom. The van der Waals surface area contributed by atoms with E-state index in [1.165, 1.54) is 32.4 Å². The molecule has 0 aromatic carbocycles. The van der Waals surface area contributed by atoms with Gasteiger partial charge in [-0.1, -0.05) is 26.7 Å². The molecule has 1 heterocycles. The summed E-state index contributed by atoms with van der Waals surface area (Å²) in [5.41, 5.74) is 0. The zero-order chi connectivity index (χ0) is 10.6. The average Bonchev–Trinajstić information content (AvgIpc) is 2.64. The van der Waals surface area contributed by atoms with Gasteiger partial charge in [-0.05, 0) is 32.9 Å². The number of rotatable bonds is 5. The first-order valence-corrected chi connectivity index (χ1v) is 6.13. The van der Waals surface area contributed by atoms with Gasteiger partial charge in [-0.25, -0.2) is 0 Å². The van der Waals surface area contributed by atoms with Gasteiger partial charge in [-0.15, -0.1) is 0 Å². The van der Waals surface area contributed by atoms with Crippen molar-refractivity contribution in [3.8, 4) is 0 Å². The lowest BCUT2D eigenvalue weighted by Crippen LogP contribution is -2.43. The molecular weight excluding hydrogens is 172 g/mol. The predicted molar refractivity (Wildman–Crippen MR) is 62.6 cm³/mol. The summed E-state index contributed by atoms with van der Waals surface area (Å²) in [4.78, 5) is 2.58. The van der Waals surface area contributed by atoms with E-state index < -0.39 is 0 Å². The first-order chi connectivity index (χ1) is 6.70. The molecule has 0 aromatic rings. The highest BCUT2D eigenvalue weighted by molar-refractivity contribution is 4.88. The quantitative estimate of drug-likeness (QED) is 0.728. The minimum absolute atomic E-state index is 0.735. The van der Waals surface area contributed by atoms with Gasteiger partial charge in [-0.2, -0.15) is 0 Å². The maximum Gasteiger partial charge on any atom is 0.0260 e. The lowest BCUT2D eigenvalue weighted by Gasteiger charge is -2.33. The maximum absolute atomic E-state index is 3.51. The number of nitrogens with zero attached hydrogens (tertiary/aromatic N) is 1. The molecule has 3 atom stereocenters. The molecule has 0 amide bonds. The molecule has 14 heavy (non-hydrogen) atoms. The second kappa shape index (κ2) is 5.72. The molecule has 1 aliphatic rings. The average molecular weight is 198 g/mol. The molecule has 0 radical (unpaired) electrons. The molecule has 0 aliphatic carbocycles. The Kier molecular flexibility index (Phi) is 4.90. The Bertz CT molecular complexity index is 158. The highest BCUT2D eigenvalue weighted by Gasteiger charge is 2.30. The van der Waals surface area contributed by atoms with Crippen LogP contribution in [0.3, 0.4) is 0 Å². The summed E-state index contributed by atoms with van der Waals surface area (Å²) in [6.07, 6.45) is 3.92. The smallest absolute Gasteiger partial charge is 0.0260 e. The number of hydrogen-bond donors (Lipinski definition) is 1. The van der Waals surface area contributed by atoms with Crippen molar-refractivity contribution in [1.82, 2.24) is 10.2 Å². The second-order valence-corrected chi connectivity index (χ2v) is 4.70. The second-order valence-electron chi connectivity index (χ2n) is 4.70. The number of nitrogens with one attached hydrogen (secondary N) is 1. The fourth-order valence-electron chi connectivity index (χ4n) is 2.56. The standard InChI is InChI=1S/C12H26N2/c1-5-7-10(3)14(4)12-9-13-8-11(12)6-2/h10-13H,5-9H2,1-4H3. The highest BCUT2D eigenvalue weighted by atomic mass is 15.2. The molecular formula is C12H26N2. The van der Waals surface area contributed by atoms with Crippen molar-refractivity contribution < 1.29 is 0 Å². The summed E-state index contributed by atoms with van der Waals surface area (Å²) in [6.45, 7) is 9.33. The molecule has 1 N–H and O–H groups in total. The van der Waals surface area contributed by atoms with E-state index >= 15 is 0 Å². The predicted octanol–water partition coefficient (Wildman–Crippen LogP) is 2.10. The van der Waals surface area contributed by atoms with E-state index in [0.717, 1.165) is 18.0 Å². The molecule has 1 saturated heterocycles. The normalized spacial score (nSPS) is 29.8. The summed E-state index contributed by atoms with van der Waals surface area (Å²) < 4.78 is 0. The Morgan fingerprint density at radius 2 is 2.07 bits per heavy atom. The van der Waals surface area contributed by atoms with Gasteiger partial charge in [0, 0.05) is 18.6 Å². The van der Waals surface area contributed by atoms with Gasteiger partial charge >= 0.3 is 0 Å². The van der Waals surface area contributed by atoms with Gasteiger partial charge in [0.1, 0.15) is 0 Å². The molecule has 0 spiro atoms. The molecule has 1 aliphatic heterocycles. The van der Waals surface area contributed by atoms with Crippen molar-refractivity contribution in [2.24, 2.45) is 5.92 Å². The van der Waals surface area contributed by atoms with Gasteiger partial charge in [0.25, 0.3) is 0 Å². The van der Waals surface area contributed by atoms with Crippen LogP contribution in [-0.4, -0.2) is 37.1 Å². The zero-order valence-electron chi connectivity index (χ0n) is 10.2. The van der Waals surface area contributed by atoms with Gasteiger partial charge in [-0.3, -0.25) is 4.90 Å². The molecule has 0 bridgehead atoms. The van der Waals surface area contributed by atoms with Crippen LogP contribution in [0.5, 0.6) is 0 Å². The number of hydrogen-bond acceptors (Lipinski definition) is 2. The zero-order valence-corrected chi connectivity index (χ0v) is 10.2. The van der Waals surface area contributed by atoms with E-state index in [4.69, 9.17) is 0 Å². The largest absolute Gasteiger partial charge is 0.315 e. The van der Waals surface area contributed by atoms with Crippen LogP contribution in [0.1, 0.15) is 40.0 Å². The van der Waals surface area contributed by atoms with Crippen molar-refractivity contribution in [2.45, 2.75) is 52.1 Å². The van der Waals surface area contributed by atoms with Crippen molar-refractivity contribution in [3.63, 3.8) is 0 Å². The van der Waals surface area contributed by atoms with E-state index in [-0.39, 0.29) is 0 Å². The van der Waals surface area contributed by atoms with E-state index in [1.54, 1.807) is 0 Å². The van der Waals surface area contributed by atoms with Crippen molar-refractivity contribution in [3.05, 3.63) is 0 Å². The van der Waals surface area contributed by atoms with Gasteiger partial charge in [0.2, 0.25) is 0 Å². The maximum atomic E-state index is 3.51. The molecule has 1 rings (SSSR count). The van der Waals surface area contributed by atoms with Gasteiger partial charge in [0.05, 0.1) is 0 Å². The number of likely N-dealkylation sites (N-methyl/N-ethyl adjacent to an activating group) is 1. The lowest BCUT2D eigenvalue weighted by atomic mass is 9.98. The Hall–Kier alpha value is -0.0800. The highest BCUT2D eigenvalue weighted by Crippen LogP contribution is 2.20. The van der Waals surface area contributed by atoms with E-state index in [2.05, 4.69) is 38.0 Å². The molecule has 0 aromatic heterocycles. The fourth-order valence-corrected chi connectivity index (χ4v) is 2.56. The summed E-state index contributed by atoms with van der Waals surface area (Å²) in [5.74, 6) is 0.860. The van der Waals surface area contributed by atoms with Crippen LogP contribution in [0.25, 0.3) is 0 Å². The van der Waals surface area contributed by atoms with Crippen LogP contribution in [0.15, 0.2) is 0 Å². The Morgan fingerprint density at radius 1 is 1.36 bits per heavy atom. The van der Waals surface area contributed by atoms with Crippen molar-refractivity contribution in [1.29, 1.82) is 0 Å². The van der Waals surface area contributed by atoms with Crippen LogP contribution < -0.4 is 5.32 Å². The summed E-state index contributed by atoms with van der Waals surface area (Å²) in [5, 5.41) is 3.51. The first kappa shape index (κ1) is 12.0. The molecule has 0 saturated carbocycles. The monoisotopic (exact) mass is 198 g/mol. The summed E-state index contributed by atoms with van der Waals surface area (Å²) in [7, 11) is 2.29. The third-order valence-corrected chi connectivity index (χ3v) is 3.75. The van der Waals surface area contributed by atoms with Crippen molar-refractivity contribution >= 4 is 0 Å². The summed E-state index contributed by atoms with van der Waals surface area (Å²) >= 11 is 0. The van der Waals surface area contributed by atoms with Crippen LogP contribution in [0.2, 0.25) is 0 Å². The first-order valence-electron chi connectivity index (χ1n) is 6.13.